The maximum Gasteiger partial charge on any atom is 0.287 e. The average Bonchev–Trinajstić information content (AvgIpc) is 2.73. The summed E-state index contributed by atoms with van der Waals surface area (Å²) >= 11 is 0. The van der Waals surface area contributed by atoms with E-state index in [2.05, 4.69) is 15.2 Å². The predicted molar refractivity (Wildman–Crippen MR) is 104 cm³/mol. The Labute approximate surface area is 156 Å². The number of aromatic nitrogens is 1. The topological polar surface area (TPSA) is 75.4 Å². The van der Waals surface area contributed by atoms with E-state index in [0.717, 1.165) is 37.3 Å². The second-order valence-corrected chi connectivity index (χ2v) is 6.69. The highest BCUT2D eigenvalue weighted by atomic mass is 16.3. The van der Waals surface area contributed by atoms with Crippen molar-refractivity contribution in [2.45, 2.75) is 25.8 Å². The molecular weight excluding hydrogens is 342 g/mol. The molecule has 1 fully saturated rings. The molecule has 1 N–H and O–H groups in total. The Balaban J connectivity index is 1.52. The number of nitrogens with one attached hydrogen (secondary N) is 1. The third-order valence-electron chi connectivity index (χ3n) is 4.82. The summed E-state index contributed by atoms with van der Waals surface area (Å²) < 4.78 is 5.60. The van der Waals surface area contributed by atoms with Crippen LogP contribution in [0.15, 0.2) is 57.9 Å². The van der Waals surface area contributed by atoms with E-state index in [9.17, 15) is 9.59 Å². The quantitative estimate of drug-likeness (QED) is 0.771. The van der Waals surface area contributed by atoms with Gasteiger partial charge in [-0.1, -0.05) is 18.2 Å². The van der Waals surface area contributed by atoms with E-state index in [1.165, 1.54) is 12.5 Å². The van der Waals surface area contributed by atoms with Gasteiger partial charge in [-0.05, 0) is 37.5 Å². The van der Waals surface area contributed by atoms with E-state index in [-0.39, 0.29) is 11.2 Å². The molecule has 1 aromatic carbocycles. The second kappa shape index (κ2) is 7.61. The number of carbonyl (C=O) groups is 1. The van der Waals surface area contributed by atoms with Crippen LogP contribution >= 0.6 is 0 Å². The lowest BCUT2D eigenvalue weighted by Gasteiger charge is -2.29. The van der Waals surface area contributed by atoms with Crippen LogP contribution in [0.4, 0.5) is 5.82 Å². The summed E-state index contributed by atoms with van der Waals surface area (Å²) in [7, 11) is 0. The van der Waals surface area contributed by atoms with Crippen LogP contribution < -0.4 is 15.6 Å². The Hall–Kier alpha value is -3.15. The number of rotatable bonds is 4. The number of nitrogens with zero attached hydrogens (tertiary/aromatic N) is 2. The Morgan fingerprint density at radius 3 is 2.78 bits per heavy atom. The lowest BCUT2D eigenvalue weighted by Crippen LogP contribution is -2.32. The van der Waals surface area contributed by atoms with Gasteiger partial charge in [-0.3, -0.25) is 9.59 Å². The van der Waals surface area contributed by atoms with Crippen molar-refractivity contribution >= 4 is 22.7 Å². The summed E-state index contributed by atoms with van der Waals surface area (Å²) in [5.41, 5.74) is 1.14. The van der Waals surface area contributed by atoms with Gasteiger partial charge in [0.1, 0.15) is 11.4 Å². The molecule has 0 aliphatic carbocycles. The molecule has 3 heterocycles. The fraction of sp³-hybridized carbons (Fsp3) is 0.286. The maximum absolute atomic E-state index is 12.5. The van der Waals surface area contributed by atoms with Crippen LogP contribution in [0.2, 0.25) is 0 Å². The molecule has 27 heavy (non-hydrogen) atoms. The lowest BCUT2D eigenvalue weighted by molar-refractivity contribution is 0.0923. The molecule has 0 radical (unpaired) electrons. The van der Waals surface area contributed by atoms with Crippen molar-refractivity contribution in [1.82, 2.24) is 10.3 Å². The number of hydrogen-bond donors (Lipinski definition) is 1. The minimum atomic E-state index is -0.411. The number of amides is 1. The predicted octanol–water partition coefficient (Wildman–Crippen LogP) is 3.11. The molecule has 0 unspecified atom stereocenters. The molecule has 0 bridgehead atoms. The minimum Gasteiger partial charge on any atom is -0.451 e. The van der Waals surface area contributed by atoms with E-state index in [0.29, 0.717) is 17.5 Å². The molecule has 6 heteroatoms. The Morgan fingerprint density at radius 2 is 1.93 bits per heavy atom. The molecule has 1 aliphatic heterocycles. The first-order valence-corrected chi connectivity index (χ1v) is 9.22. The number of pyridine rings is 1. The Kier molecular flexibility index (Phi) is 4.87. The highest BCUT2D eigenvalue weighted by Crippen LogP contribution is 2.21. The summed E-state index contributed by atoms with van der Waals surface area (Å²) in [6.45, 7) is 2.30. The van der Waals surface area contributed by atoms with Gasteiger partial charge in [-0.2, -0.15) is 0 Å². The van der Waals surface area contributed by atoms with Crippen LogP contribution in [0.5, 0.6) is 0 Å². The zero-order valence-corrected chi connectivity index (χ0v) is 15.0. The summed E-state index contributed by atoms with van der Waals surface area (Å²) in [6.07, 6.45) is 5.34. The van der Waals surface area contributed by atoms with Gasteiger partial charge in [0.15, 0.2) is 11.2 Å². The van der Waals surface area contributed by atoms with Crippen LogP contribution in [-0.2, 0) is 6.54 Å². The molecule has 4 rings (SSSR count). The highest BCUT2D eigenvalue weighted by molar-refractivity contribution is 5.93. The van der Waals surface area contributed by atoms with Gasteiger partial charge in [0.25, 0.3) is 5.91 Å². The standard InChI is InChI=1S/C21H21N3O3/c25-17-13-19(27-18-9-3-2-8-16(17)18)21(26)23-14-15-7-6-10-22-20(15)24-11-4-1-5-12-24/h2-3,6-10,13H,1,4-5,11-12,14H2,(H,23,26). The maximum atomic E-state index is 12.5. The van der Waals surface area contributed by atoms with Crippen LogP contribution in [0.3, 0.4) is 0 Å². The van der Waals surface area contributed by atoms with Crippen molar-refractivity contribution in [3.05, 3.63) is 70.2 Å². The molecule has 1 aliphatic rings. The Morgan fingerprint density at radius 1 is 1.11 bits per heavy atom. The van der Waals surface area contributed by atoms with E-state index in [1.54, 1.807) is 30.5 Å². The molecule has 1 amide bonds. The number of hydrogen-bond acceptors (Lipinski definition) is 5. The number of anilines is 1. The smallest absolute Gasteiger partial charge is 0.287 e. The number of benzene rings is 1. The molecule has 1 saturated heterocycles. The summed E-state index contributed by atoms with van der Waals surface area (Å²) in [4.78, 5) is 31.5. The van der Waals surface area contributed by atoms with E-state index < -0.39 is 5.91 Å². The SMILES string of the molecule is O=C(NCc1cccnc1N1CCCCC1)c1cc(=O)c2ccccc2o1. The van der Waals surface area contributed by atoms with Gasteiger partial charge < -0.3 is 14.6 Å². The van der Waals surface area contributed by atoms with Crippen molar-refractivity contribution in [3.8, 4) is 0 Å². The third-order valence-corrected chi connectivity index (χ3v) is 4.82. The molecule has 0 saturated carbocycles. The molecule has 0 spiro atoms. The largest absolute Gasteiger partial charge is 0.451 e. The monoisotopic (exact) mass is 363 g/mol. The number of para-hydroxylation sites is 1. The highest BCUT2D eigenvalue weighted by Gasteiger charge is 2.17. The van der Waals surface area contributed by atoms with Crippen molar-refractivity contribution < 1.29 is 9.21 Å². The number of fused-ring (bicyclic) bond motifs is 1. The van der Waals surface area contributed by atoms with Gasteiger partial charge in [-0.25, -0.2) is 4.98 Å². The summed E-state index contributed by atoms with van der Waals surface area (Å²) in [5, 5.41) is 3.31. The van der Waals surface area contributed by atoms with Crippen molar-refractivity contribution in [1.29, 1.82) is 0 Å². The molecule has 2 aromatic heterocycles. The van der Waals surface area contributed by atoms with Gasteiger partial charge >= 0.3 is 0 Å². The van der Waals surface area contributed by atoms with Crippen molar-refractivity contribution in [2.24, 2.45) is 0 Å². The summed E-state index contributed by atoms with van der Waals surface area (Å²) in [6, 6.07) is 12.0. The van der Waals surface area contributed by atoms with E-state index in [4.69, 9.17) is 4.42 Å². The van der Waals surface area contributed by atoms with Crippen LogP contribution in [-0.4, -0.2) is 24.0 Å². The third kappa shape index (κ3) is 3.69. The minimum absolute atomic E-state index is 0.0158. The molecule has 6 nitrogen and oxygen atoms in total. The number of carbonyl (C=O) groups excluding carboxylic acids is 1. The van der Waals surface area contributed by atoms with Crippen molar-refractivity contribution in [3.63, 3.8) is 0 Å². The van der Waals surface area contributed by atoms with Crippen LogP contribution in [0.1, 0.15) is 35.4 Å². The van der Waals surface area contributed by atoms with E-state index in [1.807, 2.05) is 12.1 Å². The first kappa shape index (κ1) is 17.3. The first-order chi connectivity index (χ1) is 13.2. The van der Waals surface area contributed by atoms with Gasteiger partial charge in [-0.15, -0.1) is 0 Å². The van der Waals surface area contributed by atoms with Gasteiger partial charge in [0.2, 0.25) is 0 Å². The lowest BCUT2D eigenvalue weighted by atomic mass is 10.1. The zero-order valence-electron chi connectivity index (χ0n) is 15.0. The van der Waals surface area contributed by atoms with Crippen LogP contribution in [0.25, 0.3) is 11.0 Å². The summed E-state index contributed by atoms with van der Waals surface area (Å²) in [5.74, 6) is 0.519. The van der Waals surface area contributed by atoms with E-state index >= 15 is 0 Å². The number of piperidine rings is 1. The zero-order chi connectivity index (χ0) is 18.6. The molecule has 138 valence electrons. The van der Waals surface area contributed by atoms with Gasteiger partial charge in [0, 0.05) is 37.5 Å². The van der Waals surface area contributed by atoms with Crippen molar-refractivity contribution in [2.75, 3.05) is 18.0 Å². The fourth-order valence-electron chi connectivity index (χ4n) is 3.44. The Bertz CT molecular complexity index is 1020. The normalized spacial score (nSPS) is 14.3. The molecule has 0 atom stereocenters. The molecular formula is C21H21N3O3. The average molecular weight is 363 g/mol. The molecule has 3 aromatic rings. The van der Waals surface area contributed by atoms with Gasteiger partial charge in [0.05, 0.1) is 5.39 Å². The van der Waals surface area contributed by atoms with Crippen LogP contribution in [0, 0.1) is 0 Å². The second-order valence-electron chi connectivity index (χ2n) is 6.69. The first-order valence-electron chi connectivity index (χ1n) is 9.22. The fourth-order valence-corrected chi connectivity index (χ4v) is 3.44.